The number of pyridine rings is 1. The van der Waals surface area contributed by atoms with Crippen molar-refractivity contribution >= 4 is 17.4 Å². The monoisotopic (exact) mass is 388 g/mol. The number of para-hydroxylation sites is 1. The molecule has 1 fully saturated rings. The molecule has 7 heteroatoms. The number of amides is 1. The topological polar surface area (TPSA) is 74.2 Å². The highest BCUT2D eigenvalue weighted by molar-refractivity contribution is 5.93. The fourth-order valence-electron chi connectivity index (χ4n) is 3.59. The summed E-state index contributed by atoms with van der Waals surface area (Å²) in [6.45, 7) is 5.24. The van der Waals surface area contributed by atoms with Crippen LogP contribution in [0.25, 0.3) is 0 Å². The van der Waals surface area contributed by atoms with Gasteiger partial charge in [-0.1, -0.05) is 24.3 Å². The SMILES string of the molecule is CC1CN(Cc2cccnc2)CCN1C(=O)c1cc(Nc2ccccc2)ncn1. The van der Waals surface area contributed by atoms with Crippen LogP contribution in [0.4, 0.5) is 11.5 Å². The predicted octanol–water partition coefficient (Wildman–Crippen LogP) is 2.96. The van der Waals surface area contributed by atoms with E-state index in [1.54, 1.807) is 12.3 Å². The fourth-order valence-corrected chi connectivity index (χ4v) is 3.59. The molecule has 3 aromatic rings. The van der Waals surface area contributed by atoms with Crippen molar-refractivity contribution < 1.29 is 4.79 Å². The third-order valence-corrected chi connectivity index (χ3v) is 5.03. The van der Waals surface area contributed by atoms with Gasteiger partial charge in [0.05, 0.1) is 0 Å². The standard InChI is InChI=1S/C22H24N6O/c1-17-14-27(15-18-6-5-9-23-13-18)10-11-28(17)22(29)20-12-21(25-16-24-20)26-19-7-3-2-4-8-19/h2-9,12-13,16-17H,10-11,14-15H2,1H3,(H,24,25,26). The van der Waals surface area contributed by atoms with Gasteiger partial charge in [0.15, 0.2) is 0 Å². The van der Waals surface area contributed by atoms with Crippen molar-refractivity contribution in [3.8, 4) is 0 Å². The van der Waals surface area contributed by atoms with Gasteiger partial charge in [-0.3, -0.25) is 14.7 Å². The Morgan fingerprint density at radius 1 is 1.14 bits per heavy atom. The zero-order valence-corrected chi connectivity index (χ0v) is 16.4. The van der Waals surface area contributed by atoms with Crippen LogP contribution in [0.15, 0.2) is 67.3 Å². The summed E-state index contributed by atoms with van der Waals surface area (Å²) < 4.78 is 0. The van der Waals surface area contributed by atoms with E-state index in [0.29, 0.717) is 18.1 Å². The number of benzene rings is 1. The Hall–Kier alpha value is -3.32. The minimum absolute atomic E-state index is 0.0583. The molecule has 148 valence electrons. The molecule has 1 saturated heterocycles. The molecule has 1 N–H and O–H groups in total. The second-order valence-electron chi connectivity index (χ2n) is 7.22. The molecular weight excluding hydrogens is 364 g/mol. The van der Waals surface area contributed by atoms with E-state index in [1.165, 1.54) is 11.9 Å². The summed E-state index contributed by atoms with van der Waals surface area (Å²) in [5.41, 5.74) is 2.51. The molecule has 0 aliphatic carbocycles. The van der Waals surface area contributed by atoms with Crippen LogP contribution < -0.4 is 5.32 Å². The van der Waals surface area contributed by atoms with E-state index in [4.69, 9.17) is 0 Å². The molecule has 0 bridgehead atoms. The Kier molecular flexibility index (Phi) is 5.76. The number of hydrogen-bond donors (Lipinski definition) is 1. The highest BCUT2D eigenvalue weighted by Gasteiger charge is 2.29. The largest absolute Gasteiger partial charge is 0.340 e. The van der Waals surface area contributed by atoms with Gasteiger partial charge < -0.3 is 10.2 Å². The smallest absolute Gasteiger partial charge is 0.272 e. The van der Waals surface area contributed by atoms with Crippen LogP contribution in [0.2, 0.25) is 0 Å². The van der Waals surface area contributed by atoms with E-state index in [9.17, 15) is 4.79 Å². The molecule has 1 aromatic carbocycles. The summed E-state index contributed by atoms with van der Waals surface area (Å²) >= 11 is 0. The van der Waals surface area contributed by atoms with Crippen LogP contribution >= 0.6 is 0 Å². The third-order valence-electron chi connectivity index (χ3n) is 5.03. The van der Waals surface area contributed by atoms with Crippen molar-refractivity contribution in [3.05, 3.63) is 78.5 Å². The quantitative estimate of drug-likeness (QED) is 0.724. The maximum atomic E-state index is 13.1. The van der Waals surface area contributed by atoms with Crippen molar-refractivity contribution in [2.24, 2.45) is 0 Å². The van der Waals surface area contributed by atoms with E-state index < -0.39 is 0 Å². The molecule has 29 heavy (non-hydrogen) atoms. The normalized spacial score (nSPS) is 17.1. The molecule has 7 nitrogen and oxygen atoms in total. The van der Waals surface area contributed by atoms with Crippen LogP contribution in [0.3, 0.4) is 0 Å². The van der Waals surface area contributed by atoms with E-state index >= 15 is 0 Å². The summed E-state index contributed by atoms with van der Waals surface area (Å²) in [6, 6.07) is 15.6. The molecule has 1 amide bonds. The predicted molar refractivity (Wildman–Crippen MR) is 112 cm³/mol. The number of aromatic nitrogens is 3. The maximum Gasteiger partial charge on any atom is 0.272 e. The Bertz CT molecular complexity index is 950. The second-order valence-corrected chi connectivity index (χ2v) is 7.22. The lowest BCUT2D eigenvalue weighted by atomic mass is 10.1. The van der Waals surface area contributed by atoms with Crippen molar-refractivity contribution in [2.45, 2.75) is 19.5 Å². The molecule has 1 atom stereocenters. The van der Waals surface area contributed by atoms with Gasteiger partial charge in [-0.15, -0.1) is 0 Å². The lowest BCUT2D eigenvalue weighted by molar-refractivity contribution is 0.0469. The van der Waals surface area contributed by atoms with E-state index in [-0.39, 0.29) is 11.9 Å². The van der Waals surface area contributed by atoms with Gasteiger partial charge in [0.25, 0.3) is 5.91 Å². The molecule has 3 heterocycles. The van der Waals surface area contributed by atoms with E-state index in [0.717, 1.165) is 25.3 Å². The zero-order valence-electron chi connectivity index (χ0n) is 16.4. The minimum Gasteiger partial charge on any atom is -0.340 e. The Labute approximate surface area is 170 Å². The maximum absolute atomic E-state index is 13.1. The van der Waals surface area contributed by atoms with Crippen molar-refractivity contribution in [2.75, 3.05) is 25.0 Å². The summed E-state index contributed by atoms with van der Waals surface area (Å²) in [4.78, 5) is 29.9. The lowest BCUT2D eigenvalue weighted by Gasteiger charge is -2.39. The van der Waals surface area contributed by atoms with Gasteiger partial charge in [-0.2, -0.15) is 0 Å². The number of carbonyl (C=O) groups excluding carboxylic acids is 1. The Morgan fingerprint density at radius 3 is 2.76 bits per heavy atom. The summed E-state index contributed by atoms with van der Waals surface area (Å²) in [7, 11) is 0. The Morgan fingerprint density at radius 2 is 2.00 bits per heavy atom. The first-order valence-electron chi connectivity index (χ1n) is 9.75. The van der Waals surface area contributed by atoms with Crippen LogP contribution in [0.1, 0.15) is 23.0 Å². The van der Waals surface area contributed by atoms with E-state index in [1.807, 2.05) is 47.5 Å². The average molecular weight is 388 g/mol. The number of carbonyl (C=O) groups is 1. The molecular formula is C22H24N6O. The van der Waals surface area contributed by atoms with Gasteiger partial charge in [-0.25, -0.2) is 9.97 Å². The van der Waals surface area contributed by atoms with Gasteiger partial charge in [0.2, 0.25) is 0 Å². The van der Waals surface area contributed by atoms with Crippen molar-refractivity contribution in [3.63, 3.8) is 0 Å². The van der Waals surface area contributed by atoms with Crippen LogP contribution in [-0.4, -0.2) is 56.3 Å². The summed E-state index contributed by atoms with van der Waals surface area (Å²) in [6.07, 6.45) is 5.11. The summed E-state index contributed by atoms with van der Waals surface area (Å²) in [5.74, 6) is 0.550. The number of nitrogens with one attached hydrogen (secondary N) is 1. The first-order valence-corrected chi connectivity index (χ1v) is 9.75. The summed E-state index contributed by atoms with van der Waals surface area (Å²) in [5, 5.41) is 3.21. The van der Waals surface area contributed by atoms with E-state index in [2.05, 4.69) is 38.2 Å². The van der Waals surface area contributed by atoms with Gasteiger partial charge in [-0.05, 0) is 30.7 Å². The molecule has 2 aromatic heterocycles. The first kappa shape index (κ1) is 19.0. The van der Waals surface area contributed by atoms with Crippen LogP contribution in [-0.2, 0) is 6.54 Å². The first-order chi connectivity index (χ1) is 14.2. The minimum atomic E-state index is -0.0583. The van der Waals surface area contributed by atoms with Gasteiger partial charge in [0.1, 0.15) is 17.8 Å². The average Bonchev–Trinajstić information content (AvgIpc) is 2.75. The molecule has 0 saturated carbocycles. The van der Waals surface area contributed by atoms with Crippen molar-refractivity contribution in [1.29, 1.82) is 0 Å². The second kappa shape index (κ2) is 8.79. The molecule has 1 aliphatic rings. The number of anilines is 2. The van der Waals surface area contributed by atoms with Gasteiger partial charge >= 0.3 is 0 Å². The van der Waals surface area contributed by atoms with Crippen molar-refractivity contribution in [1.82, 2.24) is 24.8 Å². The molecule has 0 spiro atoms. The van der Waals surface area contributed by atoms with Crippen LogP contribution in [0.5, 0.6) is 0 Å². The number of piperazine rings is 1. The molecule has 1 aliphatic heterocycles. The number of rotatable bonds is 5. The Balaban J connectivity index is 1.40. The highest BCUT2D eigenvalue weighted by atomic mass is 16.2. The van der Waals surface area contributed by atoms with Crippen LogP contribution in [0, 0.1) is 0 Å². The molecule has 0 radical (unpaired) electrons. The molecule has 4 rings (SSSR count). The molecule has 1 unspecified atom stereocenters. The fraction of sp³-hybridized carbons (Fsp3) is 0.273. The highest BCUT2D eigenvalue weighted by Crippen LogP contribution is 2.18. The third kappa shape index (κ3) is 4.75. The van der Waals surface area contributed by atoms with Gasteiger partial charge in [0, 0.05) is 56.4 Å². The number of hydrogen-bond acceptors (Lipinski definition) is 6. The lowest BCUT2D eigenvalue weighted by Crippen LogP contribution is -2.53. The number of nitrogens with zero attached hydrogens (tertiary/aromatic N) is 5. The zero-order chi connectivity index (χ0) is 20.1.